The highest BCUT2D eigenvalue weighted by atomic mass is 32.2. The van der Waals surface area contributed by atoms with Crippen LogP contribution in [0.25, 0.3) is 0 Å². The Balaban J connectivity index is 2.10. The lowest BCUT2D eigenvalue weighted by Gasteiger charge is -2.20. The molecule has 1 unspecified atom stereocenters. The van der Waals surface area contributed by atoms with Crippen molar-refractivity contribution >= 4 is 21.9 Å². The van der Waals surface area contributed by atoms with Crippen molar-refractivity contribution in [2.45, 2.75) is 32.1 Å². The van der Waals surface area contributed by atoms with Gasteiger partial charge in [-0.05, 0) is 43.5 Å². The molecule has 0 radical (unpaired) electrons. The van der Waals surface area contributed by atoms with Crippen molar-refractivity contribution in [2.75, 3.05) is 19.6 Å². The van der Waals surface area contributed by atoms with Crippen LogP contribution in [0.2, 0.25) is 0 Å². The molecule has 138 valence electrons. The molecule has 0 bridgehead atoms. The molecule has 25 heavy (non-hydrogen) atoms. The highest BCUT2D eigenvalue weighted by Gasteiger charge is 2.42. The molecule has 1 heterocycles. The number of hydrogen-bond acceptors (Lipinski definition) is 4. The van der Waals surface area contributed by atoms with Gasteiger partial charge < -0.3 is 10.0 Å². The van der Waals surface area contributed by atoms with Crippen LogP contribution >= 0.6 is 0 Å². The summed E-state index contributed by atoms with van der Waals surface area (Å²) in [4.78, 5) is 25.4. The second-order valence-electron chi connectivity index (χ2n) is 7.11. The zero-order valence-electron chi connectivity index (χ0n) is 14.7. The molecule has 2 rings (SSSR count). The summed E-state index contributed by atoms with van der Waals surface area (Å²) in [6, 6.07) is 5.70. The molecule has 2 N–H and O–H groups in total. The molecule has 0 aliphatic carbocycles. The first-order valence-corrected chi connectivity index (χ1v) is 9.66. The van der Waals surface area contributed by atoms with Gasteiger partial charge in [-0.25, -0.2) is 13.1 Å². The highest BCUT2D eigenvalue weighted by molar-refractivity contribution is 7.89. The van der Waals surface area contributed by atoms with E-state index in [-0.39, 0.29) is 23.3 Å². The molecule has 0 spiro atoms. The number of sulfonamides is 1. The van der Waals surface area contributed by atoms with Crippen molar-refractivity contribution in [1.82, 2.24) is 9.62 Å². The number of carbonyl (C=O) groups is 2. The summed E-state index contributed by atoms with van der Waals surface area (Å²) in [5, 5.41) is 9.25. The Morgan fingerprint density at radius 2 is 1.88 bits per heavy atom. The summed E-state index contributed by atoms with van der Waals surface area (Å²) in [6.45, 7) is 6.30. The Hall–Kier alpha value is -1.93. The molecule has 0 aromatic heterocycles. The average Bonchev–Trinajstić information content (AvgIpc) is 2.96. The first-order valence-electron chi connectivity index (χ1n) is 8.17. The van der Waals surface area contributed by atoms with Gasteiger partial charge in [0.25, 0.3) is 5.91 Å². The number of carboxylic acids is 1. The van der Waals surface area contributed by atoms with Gasteiger partial charge in [0, 0.05) is 25.2 Å². The number of hydrogen-bond donors (Lipinski definition) is 2. The van der Waals surface area contributed by atoms with Gasteiger partial charge in [-0.2, -0.15) is 0 Å². The van der Waals surface area contributed by atoms with Gasteiger partial charge in [-0.3, -0.25) is 9.59 Å². The predicted molar refractivity (Wildman–Crippen MR) is 92.7 cm³/mol. The molecule has 7 nitrogen and oxygen atoms in total. The maximum atomic E-state index is 12.5. The van der Waals surface area contributed by atoms with Gasteiger partial charge in [0.05, 0.1) is 10.3 Å². The van der Waals surface area contributed by atoms with Gasteiger partial charge in [0.1, 0.15) is 0 Å². The summed E-state index contributed by atoms with van der Waals surface area (Å²) in [5.41, 5.74) is -0.586. The van der Waals surface area contributed by atoms with E-state index < -0.39 is 21.4 Å². The number of nitrogens with zero attached hydrogens (tertiary/aromatic N) is 1. The predicted octanol–water partition coefficient (Wildman–Crippen LogP) is 1.56. The average molecular weight is 368 g/mol. The van der Waals surface area contributed by atoms with Gasteiger partial charge >= 0.3 is 5.97 Å². The summed E-state index contributed by atoms with van der Waals surface area (Å²) in [7, 11) is -3.60. The van der Waals surface area contributed by atoms with Crippen LogP contribution in [0.5, 0.6) is 0 Å². The molecule has 0 saturated carbocycles. The normalized spacial score (nSPS) is 20.9. The van der Waals surface area contributed by atoms with Gasteiger partial charge in [0.2, 0.25) is 10.0 Å². The lowest BCUT2D eigenvalue weighted by molar-refractivity contribution is -0.147. The van der Waals surface area contributed by atoms with Gasteiger partial charge in [-0.1, -0.05) is 13.8 Å². The second kappa shape index (κ2) is 7.13. The molecular weight excluding hydrogens is 344 g/mol. The van der Waals surface area contributed by atoms with Crippen LogP contribution in [0.15, 0.2) is 29.2 Å². The fraction of sp³-hybridized carbons (Fsp3) is 0.529. The maximum absolute atomic E-state index is 12.5. The van der Waals surface area contributed by atoms with E-state index in [4.69, 9.17) is 0 Å². The van der Waals surface area contributed by atoms with Crippen molar-refractivity contribution in [3.63, 3.8) is 0 Å². The van der Waals surface area contributed by atoms with Crippen LogP contribution in [0.1, 0.15) is 37.6 Å². The van der Waals surface area contributed by atoms with E-state index in [0.29, 0.717) is 25.1 Å². The molecule has 1 atom stereocenters. The van der Waals surface area contributed by atoms with E-state index in [1.165, 1.54) is 29.2 Å². The molecule has 1 saturated heterocycles. The Morgan fingerprint density at radius 1 is 1.28 bits per heavy atom. The minimum absolute atomic E-state index is 0.0986. The summed E-state index contributed by atoms with van der Waals surface area (Å²) in [6.07, 6.45) is 0.402. The molecule has 1 aliphatic rings. The van der Waals surface area contributed by atoms with Gasteiger partial charge in [0.15, 0.2) is 0 Å². The largest absolute Gasteiger partial charge is 0.481 e. The second-order valence-corrected chi connectivity index (χ2v) is 8.88. The van der Waals surface area contributed by atoms with Crippen LogP contribution < -0.4 is 4.72 Å². The molecule has 1 fully saturated rings. The quantitative estimate of drug-likeness (QED) is 0.793. The summed E-state index contributed by atoms with van der Waals surface area (Å²) < 4.78 is 26.8. The van der Waals surface area contributed by atoms with Crippen molar-refractivity contribution in [1.29, 1.82) is 0 Å². The van der Waals surface area contributed by atoms with E-state index >= 15 is 0 Å². The number of aliphatic carboxylic acids is 1. The van der Waals surface area contributed by atoms with Crippen LogP contribution in [0.3, 0.4) is 0 Å². The standard InChI is InChI=1S/C17H24N2O5S/c1-12(2)10-18-25(23,24)14-6-4-13(5-7-14)15(20)19-9-8-17(3,11-19)16(21)22/h4-7,12,18H,8-11H2,1-3H3,(H,21,22). The van der Waals surface area contributed by atoms with Crippen LogP contribution in [-0.2, 0) is 14.8 Å². The molecule has 1 aliphatic heterocycles. The Bertz CT molecular complexity index is 758. The van der Waals surface area contributed by atoms with E-state index in [2.05, 4.69) is 4.72 Å². The molecule has 1 aromatic carbocycles. The minimum atomic E-state index is -3.60. The Labute approximate surface area is 148 Å². The molecule has 1 aromatic rings. The third-order valence-electron chi connectivity index (χ3n) is 4.37. The smallest absolute Gasteiger partial charge is 0.311 e. The Morgan fingerprint density at radius 3 is 2.36 bits per heavy atom. The minimum Gasteiger partial charge on any atom is -0.481 e. The number of nitrogens with one attached hydrogen (secondary N) is 1. The number of amides is 1. The fourth-order valence-electron chi connectivity index (χ4n) is 2.63. The van der Waals surface area contributed by atoms with Crippen LogP contribution in [-0.4, -0.2) is 49.9 Å². The SMILES string of the molecule is CC(C)CNS(=O)(=O)c1ccc(C(=O)N2CCC(C)(C(=O)O)C2)cc1. The zero-order valence-corrected chi connectivity index (χ0v) is 15.5. The van der Waals surface area contributed by atoms with E-state index in [9.17, 15) is 23.1 Å². The lowest BCUT2D eigenvalue weighted by atomic mass is 9.90. The number of likely N-dealkylation sites (tertiary alicyclic amines) is 1. The van der Waals surface area contributed by atoms with E-state index in [1.807, 2.05) is 13.8 Å². The van der Waals surface area contributed by atoms with Crippen molar-refractivity contribution in [2.24, 2.45) is 11.3 Å². The third kappa shape index (κ3) is 4.38. The monoisotopic (exact) mass is 368 g/mol. The fourth-order valence-corrected chi connectivity index (χ4v) is 3.84. The summed E-state index contributed by atoms with van der Waals surface area (Å²) >= 11 is 0. The number of carbonyl (C=O) groups excluding carboxylic acids is 1. The molecule has 1 amide bonds. The number of carboxylic acid groups (broad SMARTS) is 1. The van der Waals surface area contributed by atoms with Crippen molar-refractivity contribution < 1.29 is 23.1 Å². The number of benzene rings is 1. The molecular formula is C17H24N2O5S. The highest BCUT2D eigenvalue weighted by Crippen LogP contribution is 2.31. The zero-order chi connectivity index (χ0) is 18.8. The first-order chi connectivity index (χ1) is 11.5. The molecule has 8 heteroatoms. The van der Waals surface area contributed by atoms with Crippen LogP contribution in [0.4, 0.5) is 0 Å². The van der Waals surface area contributed by atoms with Crippen molar-refractivity contribution in [3.05, 3.63) is 29.8 Å². The van der Waals surface area contributed by atoms with E-state index in [1.54, 1.807) is 6.92 Å². The number of rotatable bonds is 6. The van der Waals surface area contributed by atoms with Crippen molar-refractivity contribution in [3.8, 4) is 0 Å². The third-order valence-corrected chi connectivity index (χ3v) is 5.81. The van der Waals surface area contributed by atoms with E-state index in [0.717, 1.165) is 0 Å². The Kier molecular flexibility index (Phi) is 5.53. The topological polar surface area (TPSA) is 104 Å². The lowest BCUT2D eigenvalue weighted by Crippen LogP contribution is -2.34. The van der Waals surface area contributed by atoms with Gasteiger partial charge in [-0.15, -0.1) is 0 Å². The maximum Gasteiger partial charge on any atom is 0.311 e. The van der Waals surface area contributed by atoms with Crippen LogP contribution in [0, 0.1) is 11.3 Å². The first kappa shape index (κ1) is 19.4. The summed E-state index contributed by atoms with van der Waals surface area (Å²) in [5.74, 6) is -1.01.